The van der Waals surface area contributed by atoms with Gasteiger partial charge in [0.25, 0.3) is 0 Å². The van der Waals surface area contributed by atoms with Gasteiger partial charge in [-0.15, -0.1) is 0 Å². The highest BCUT2D eigenvalue weighted by atomic mass is 16.3. The molecule has 3 aromatic heterocycles. The normalized spacial score (nSPS) is 11.6. The molecule has 8 aromatic carbocycles. The molecular formula is C49H30N4O2. The topological polar surface area (TPSA) is 68.2 Å². The molecule has 258 valence electrons. The van der Waals surface area contributed by atoms with E-state index >= 15 is 0 Å². The number of fused-ring (bicyclic) bond motifs is 7. The van der Waals surface area contributed by atoms with E-state index in [2.05, 4.69) is 95.9 Å². The van der Waals surface area contributed by atoms with Crippen molar-refractivity contribution < 1.29 is 8.83 Å². The lowest BCUT2D eigenvalue weighted by atomic mass is 10.0. The van der Waals surface area contributed by atoms with E-state index in [-0.39, 0.29) is 0 Å². The zero-order chi connectivity index (χ0) is 36.3. The second kappa shape index (κ2) is 12.5. The smallest absolute Gasteiger partial charge is 0.164 e. The summed E-state index contributed by atoms with van der Waals surface area (Å²) < 4.78 is 13.1. The molecule has 0 amide bonds. The number of benzene rings is 8. The molecule has 0 spiro atoms. The Morgan fingerprint density at radius 2 is 0.927 bits per heavy atom. The van der Waals surface area contributed by atoms with Crippen molar-refractivity contribution in [3.8, 4) is 34.2 Å². The highest BCUT2D eigenvalue weighted by Crippen LogP contribution is 2.45. The van der Waals surface area contributed by atoms with E-state index < -0.39 is 0 Å². The number of nitrogens with zero attached hydrogens (tertiary/aromatic N) is 4. The van der Waals surface area contributed by atoms with Gasteiger partial charge in [-0.1, -0.05) is 127 Å². The Kier molecular flexibility index (Phi) is 7.07. The largest absolute Gasteiger partial charge is 0.456 e. The SMILES string of the molecule is c1ccc(-c2nc(-c3ccccc3)nc(-c3cccc4oc5cc(N(c6ccc7ccccc7c6)c6cccc7oc8ccccc8c67)ccc5c34)n2)cc1. The van der Waals surface area contributed by atoms with Crippen LogP contribution in [0, 0.1) is 0 Å². The van der Waals surface area contributed by atoms with Crippen LogP contribution in [-0.4, -0.2) is 15.0 Å². The van der Waals surface area contributed by atoms with E-state index in [0.29, 0.717) is 17.5 Å². The van der Waals surface area contributed by atoms with E-state index in [1.807, 2.05) is 91.0 Å². The van der Waals surface area contributed by atoms with Crippen molar-refractivity contribution in [1.29, 1.82) is 0 Å². The van der Waals surface area contributed by atoms with Crippen molar-refractivity contribution in [2.24, 2.45) is 0 Å². The van der Waals surface area contributed by atoms with Crippen LogP contribution in [0.3, 0.4) is 0 Å². The fourth-order valence-corrected chi connectivity index (χ4v) is 7.75. The predicted molar refractivity (Wildman–Crippen MR) is 223 cm³/mol. The predicted octanol–water partition coefficient (Wildman–Crippen LogP) is 13.3. The summed E-state index contributed by atoms with van der Waals surface area (Å²) in [6.45, 7) is 0. The third kappa shape index (κ3) is 5.23. The fraction of sp³-hybridized carbons (Fsp3) is 0. The zero-order valence-corrected chi connectivity index (χ0v) is 29.4. The van der Waals surface area contributed by atoms with Gasteiger partial charge in [-0.3, -0.25) is 0 Å². The number of furan rings is 2. The van der Waals surface area contributed by atoms with Gasteiger partial charge < -0.3 is 13.7 Å². The molecule has 0 N–H and O–H groups in total. The molecular weight excluding hydrogens is 677 g/mol. The molecule has 0 unspecified atom stereocenters. The molecule has 0 fully saturated rings. The first-order valence-electron chi connectivity index (χ1n) is 18.3. The first kappa shape index (κ1) is 31.0. The molecule has 0 aliphatic heterocycles. The molecule has 6 heteroatoms. The Labute approximate surface area is 315 Å². The Morgan fingerprint density at radius 3 is 1.71 bits per heavy atom. The second-order valence-corrected chi connectivity index (χ2v) is 13.6. The average Bonchev–Trinajstić information content (AvgIpc) is 3.83. The molecule has 0 saturated carbocycles. The lowest BCUT2D eigenvalue weighted by Crippen LogP contribution is -2.10. The van der Waals surface area contributed by atoms with Crippen LogP contribution in [0.25, 0.3) is 88.8 Å². The molecule has 0 aliphatic carbocycles. The number of hydrogen-bond acceptors (Lipinski definition) is 6. The molecule has 3 heterocycles. The first-order chi connectivity index (χ1) is 27.2. The summed E-state index contributed by atoms with van der Waals surface area (Å²) in [4.78, 5) is 17.3. The van der Waals surface area contributed by atoms with E-state index in [0.717, 1.165) is 83.0 Å². The molecule has 11 aromatic rings. The van der Waals surface area contributed by atoms with Crippen molar-refractivity contribution in [2.75, 3.05) is 4.90 Å². The highest BCUT2D eigenvalue weighted by Gasteiger charge is 2.22. The Morgan fingerprint density at radius 1 is 0.364 bits per heavy atom. The third-order valence-electron chi connectivity index (χ3n) is 10.3. The summed E-state index contributed by atoms with van der Waals surface area (Å²) in [5.74, 6) is 1.81. The van der Waals surface area contributed by atoms with Crippen LogP contribution in [-0.2, 0) is 0 Å². The van der Waals surface area contributed by atoms with E-state index in [1.54, 1.807) is 0 Å². The van der Waals surface area contributed by atoms with Gasteiger partial charge in [-0.25, -0.2) is 15.0 Å². The number of hydrogen-bond donors (Lipinski definition) is 0. The molecule has 11 rings (SSSR count). The molecule has 6 nitrogen and oxygen atoms in total. The summed E-state index contributed by atoms with van der Waals surface area (Å²) in [5, 5.41) is 6.39. The van der Waals surface area contributed by atoms with Gasteiger partial charge >= 0.3 is 0 Å². The van der Waals surface area contributed by atoms with Crippen LogP contribution in [0.1, 0.15) is 0 Å². The summed E-state index contributed by atoms with van der Waals surface area (Å²) in [6, 6.07) is 62.2. The summed E-state index contributed by atoms with van der Waals surface area (Å²) >= 11 is 0. The second-order valence-electron chi connectivity index (χ2n) is 13.6. The van der Waals surface area contributed by atoms with Gasteiger partial charge in [0, 0.05) is 50.3 Å². The minimum absolute atomic E-state index is 0.585. The number of rotatable bonds is 6. The van der Waals surface area contributed by atoms with Gasteiger partial charge in [0.2, 0.25) is 0 Å². The van der Waals surface area contributed by atoms with Gasteiger partial charge in [0.15, 0.2) is 17.5 Å². The van der Waals surface area contributed by atoms with Crippen molar-refractivity contribution in [3.05, 3.63) is 182 Å². The van der Waals surface area contributed by atoms with Crippen molar-refractivity contribution in [2.45, 2.75) is 0 Å². The molecule has 0 radical (unpaired) electrons. The number of para-hydroxylation sites is 1. The van der Waals surface area contributed by atoms with E-state index in [4.69, 9.17) is 23.8 Å². The summed E-state index contributed by atoms with van der Waals surface area (Å²) in [5.41, 5.74) is 8.93. The van der Waals surface area contributed by atoms with Crippen LogP contribution < -0.4 is 4.90 Å². The maximum absolute atomic E-state index is 6.70. The third-order valence-corrected chi connectivity index (χ3v) is 10.3. The summed E-state index contributed by atoms with van der Waals surface area (Å²) in [7, 11) is 0. The zero-order valence-electron chi connectivity index (χ0n) is 29.4. The van der Waals surface area contributed by atoms with Gasteiger partial charge in [-0.2, -0.15) is 0 Å². The molecule has 0 atom stereocenters. The standard InChI is InChI=1S/C49H30N4O2/c1-3-14-32(15-4-1)47-50-48(33-16-5-2-6-17-33)52-49(51-47)39-20-11-23-42-45(39)38-28-27-36(30-44(38)55-42)53(35-26-25-31-13-7-8-18-34(31)29-35)40-21-12-24-43-46(40)37-19-9-10-22-41(37)54-43/h1-30H. The van der Waals surface area contributed by atoms with Crippen LogP contribution in [0.4, 0.5) is 17.1 Å². The Hall–Kier alpha value is -7.57. The van der Waals surface area contributed by atoms with Crippen LogP contribution in [0.15, 0.2) is 191 Å². The molecule has 0 bridgehead atoms. The van der Waals surface area contributed by atoms with E-state index in [9.17, 15) is 0 Å². The Balaban J connectivity index is 1.12. The minimum Gasteiger partial charge on any atom is -0.456 e. The maximum Gasteiger partial charge on any atom is 0.164 e. The quantitative estimate of drug-likeness (QED) is 0.171. The number of aromatic nitrogens is 3. The monoisotopic (exact) mass is 706 g/mol. The molecule has 55 heavy (non-hydrogen) atoms. The van der Waals surface area contributed by atoms with Crippen LogP contribution >= 0.6 is 0 Å². The Bertz CT molecular complexity index is 3170. The summed E-state index contributed by atoms with van der Waals surface area (Å²) in [6.07, 6.45) is 0. The highest BCUT2D eigenvalue weighted by molar-refractivity contribution is 6.15. The lowest BCUT2D eigenvalue weighted by molar-refractivity contribution is 0.669. The molecule has 0 saturated heterocycles. The van der Waals surface area contributed by atoms with Crippen molar-refractivity contribution in [1.82, 2.24) is 15.0 Å². The van der Waals surface area contributed by atoms with Crippen LogP contribution in [0.2, 0.25) is 0 Å². The molecule has 0 aliphatic rings. The first-order valence-corrected chi connectivity index (χ1v) is 18.3. The van der Waals surface area contributed by atoms with Crippen LogP contribution in [0.5, 0.6) is 0 Å². The van der Waals surface area contributed by atoms with Crippen molar-refractivity contribution in [3.63, 3.8) is 0 Å². The lowest BCUT2D eigenvalue weighted by Gasteiger charge is -2.26. The number of anilines is 3. The average molecular weight is 707 g/mol. The van der Waals surface area contributed by atoms with E-state index in [1.165, 1.54) is 5.39 Å². The minimum atomic E-state index is 0.585. The fourth-order valence-electron chi connectivity index (χ4n) is 7.75. The van der Waals surface area contributed by atoms with Gasteiger partial charge in [0.05, 0.1) is 11.1 Å². The van der Waals surface area contributed by atoms with Gasteiger partial charge in [0.1, 0.15) is 22.3 Å². The maximum atomic E-state index is 6.70. The van der Waals surface area contributed by atoms with Crippen molar-refractivity contribution >= 4 is 71.7 Å². The van der Waals surface area contributed by atoms with Gasteiger partial charge in [-0.05, 0) is 59.3 Å².